The van der Waals surface area contributed by atoms with Gasteiger partial charge in [-0.2, -0.15) is 0 Å². The molecule has 0 bridgehead atoms. The Morgan fingerprint density at radius 3 is 1.92 bits per heavy atom. The van der Waals surface area contributed by atoms with Crippen molar-refractivity contribution in [3.8, 4) is 0 Å². The van der Waals surface area contributed by atoms with E-state index in [1.165, 1.54) is 48.9 Å². The van der Waals surface area contributed by atoms with Crippen LogP contribution in [0.4, 0.5) is 0 Å². The molecule has 2 aromatic rings. The third-order valence-electron chi connectivity index (χ3n) is 7.47. The van der Waals surface area contributed by atoms with Crippen LogP contribution in [0.1, 0.15) is 111 Å². The first-order valence-electron chi connectivity index (χ1n) is 15.0. The highest BCUT2D eigenvalue weighted by Gasteiger charge is 2.51. The molecule has 0 heterocycles. The summed E-state index contributed by atoms with van der Waals surface area (Å²) in [6.07, 6.45) is 18.6. The predicted molar refractivity (Wildman–Crippen MR) is 165 cm³/mol. The molecule has 4 heteroatoms. The van der Waals surface area contributed by atoms with Crippen LogP contribution in [0.15, 0.2) is 72.8 Å². The lowest BCUT2D eigenvalue weighted by Crippen LogP contribution is -2.67. The highest BCUT2D eigenvalue weighted by molar-refractivity contribution is 6.99. The van der Waals surface area contributed by atoms with Gasteiger partial charge in [0.05, 0.1) is 0 Å². The summed E-state index contributed by atoms with van der Waals surface area (Å²) >= 11 is 0. The third-order valence-corrected chi connectivity index (χ3v) is 12.6. The van der Waals surface area contributed by atoms with E-state index in [0.29, 0.717) is 6.42 Å². The number of rotatable bonds is 19. The molecule has 0 fully saturated rings. The van der Waals surface area contributed by atoms with E-state index < -0.39 is 14.3 Å². The summed E-state index contributed by atoms with van der Waals surface area (Å²) in [6, 6.07) is 22.0. The Morgan fingerprint density at radius 2 is 1.37 bits per heavy atom. The van der Waals surface area contributed by atoms with Gasteiger partial charge >= 0.3 is 5.97 Å². The minimum absolute atomic E-state index is 0.0122. The second-order valence-corrected chi connectivity index (χ2v) is 15.9. The van der Waals surface area contributed by atoms with Crippen molar-refractivity contribution in [1.82, 2.24) is 0 Å². The van der Waals surface area contributed by atoms with E-state index in [2.05, 4.69) is 101 Å². The van der Waals surface area contributed by atoms with Gasteiger partial charge in [0.25, 0.3) is 8.32 Å². The second kappa shape index (κ2) is 17.4. The molecular formula is C34H52O3Si. The number of carboxylic acid groups (broad SMARTS) is 1. The van der Waals surface area contributed by atoms with Crippen molar-refractivity contribution in [2.75, 3.05) is 0 Å². The largest absolute Gasteiger partial charge is 0.481 e. The van der Waals surface area contributed by atoms with Crippen molar-refractivity contribution < 1.29 is 14.3 Å². The molecular weight excluding hydrogens is 484 g/mol. The van der Waals surface area contributed by atoms with Crippen molar-refractivity contribution in [2.24, 2.45) is 0 Å². The monoisotopic (exact) mass is 536 g/mol. The normalized spacial score (nSPS) is 13.2. The molecule has 210 valence electrons. The maximum Gasteiger partial charge on any atom is 0.303 e. The average Bonchev–Trinajstić information content (AvgIpc) is 2.90. The predicted octanol–water partition coefficient (Wildman–Crippen LogP) is 8.66. The zero-order chi connectivity index (χ0) is 27.7. The molecule has 38 heavy (non-hydrogen) atoms. The number of carbonyl (C=O) groups is 1. The highest BCUT2D eigenvalue weighted by atomic mass is 28.4. The van der Waals surface area contributed by atoms with Gasteiger partial charge in [-0.25, -0.2) is 0 Å². The number of allylic oxidation sites excluding steroid dienone is 1. The molecule has 0 saturated carbocycles. The second-order valence-electron chi connectivity index (χ2n) is 11.7. The molecule has 0 aliphatic carbocycles. The quantitative estimate of drug-likeness (QED) is 0.111. The fraction of sp³-hybridized carbons (Fsp3) is 0.559. The molecule has 3 nitrogen and oxygen atoms in total. The molecule has 1 unspecified atom stereocenters. The fourth-order valence-corrected chi connectivity index (χ4v) is 10.1. The third kappa shape index (κ3) is 10.5. The molecule has 0 saturated heterocycles. The Bertz CT molecular complexity index is 878. The summed E-state index contributed by atoms with van der Waals surface area (Å²) in [6.45, 7) is 9.35. The number of unbranched alkanes of at least 4 members (excludes halogenated alkanes) is 8. The van der Waals surface area contributed by atoms with Gasteiger partial charge in [0.2, 0.25) is 0 Å². The summed E-state index contributed by atoms with van der Waals surface area (Å²) in [5, 5.41) is 11.5. The molecule has 2 aromatic carbocycles. The van der Waals surface area contributed by atoms with Gasteiger partial charge in [0.1, 0.15) is 0 Å². The van der Waals surface area contributed by atoms with Crippen molar-refractivity contribution >= 4 is 24.7 Å². The van der Waals surface area contributed by atoms with E-state index in [1.54, 1.807) is 0 Å². The number of carboxylic acids is 1. The number of aliphatic carboxylic acids is 1. The lowest BCUT2D eigenvalue weighted by atomic mass is 10.1. The summed E-state index contributed by atoms with van der Waals surface area (Å²) in [5.41, 5.74) is 0. The molecule has 0 aliphatic heterocycles. The van der Waals surface area contributed by atoms with Crippen LogP contribution < -0.4 is 10.4 Å². The van der Waals surface area contributed by atoms with E-state index >= 15 is 0 Å². The first-order chi connectivity index (χ1) is 18.3. The standard InChI is InChI=1S/C34H52O3Si/c1-5-6-7-16-23-30(24-17-12-10-8-9-11-13-22-29-33(35)36)37-38(34(2,3)4,31-25-18-14-19-26-31)32-27-20-15-21-28-32/h12,14-15,17-21,25-28,30H,5-11,13,16,22-24,29H2,1-4H3,(H,35,36). The number of hydrogen-bond donors (Lipinski definition) is 1. The van der Waals surface area contributed by atoms with Crippen molar-refractivity contribution in [1.29, 1.82) is 0 Å². The molecule has 0 spiro atoms. The zero-order valence-electron chi connectivity index (χ0n) is 24.5. The fourth-order valence-electron chi connectivity index (χ4n) is 5.40. The van der Waals surface area contributed by atoms with E-state index in [9.17, 15) is 4.79 Å². The van der Waals surface area contributed by atoms with E-state index in [-0.39, 0.29) is 11.1 Å². The molecule has 1 atom stereocenters. The van der Waals surface area contributed by atoms with Crippen LogP contribution >= 0.6 is 0 Å². The Kier molecular flexibility index (Phi) is 14.7. The van der Waals surface area contributed by atoms with Crippen LogP contribution in [0.5, 0.6) is 0 Å². The molecule has 0 radical (unpaired) electrons. The molecule has 2 rings (SSSR count). The Morgan fingerprint density at radius 1 is 0.816 bits per heavy atom. The minimum atomic E-state index is -2.56. The van der Waals surface area contributed by atoms with Crippen molar-refractivity contribution in [2.45, 2.75) is 122 Å². The smallest absolute Gasteiger partial charge is 0.303 e. The van der Waals surface area contributed by atoms with Crippen molar-refractivity contribution in [3.05, 3.63) is 72.8 Å². The molecule has 1 N–H and O–H groups in total. The van der Waals surface area contributed by atoms with Gasteiger partial charge in [0, 0.05) is 12.5 Å². The van der Waals surface area contributed by atoms with Gasteiger partial charge < -0.3 is 9.53 Å². The maximum atomic E-state index is 10.6. The number of hydrogen-bond acceptors (Lipinski definition) is 2. The van der Waals surface area contributed by atoms with Gasteiger partial charge in [-0.15, -0.1) is 0 Å². The highest BCUT2D eigenvalue weighted by Crippen LogP contribution is 2.38. The summed E-state index contributed by atoms with van der Waals surface area (Å²) in [5.74, 6) is -0.683. The lowest BCUT2D eigenvalue weighted by molar-refractivity contribution is -0.137. The van der Waals surface area contributed by atoms with Crippen LogP contribution in [0.3, 0.4) is 0 Å². The molecule has 0 amide bonds. The Hall–Kier alpha value is -2.17. The van der Waals surface area contributed by atoms with E-state index in [1.807, 2.05) is 0 Å². The summed E-state index contributed by atoms with van der Waals surface area (Å²) in [7, 11) is -2.56. The zero-order valence-corrected chi connectivity index (χ0v) is 25.5. The van der Waals surface area contributed by atoms with Gasteiger partial charge in [-0.1, -0.05) is 145 Å². The molecule has 0 aromatic heterocycles. The van der Waals surface area contributed by atoms with Crippen LogP contribution in [0.25, 0.3) is 0 Å². The van der Waals surface area contributed by atoms with E-state index in [4.69, 9.17) is 9.53 Å². The van der Waals surface area contributed by atoms with Crippen LogP contribution in [0.2, 0.25) is 5.04 Å². The van der Waals surface area contributed by atoms with E-state index in [0.717, 1.165) is 38.5 Å². The first kappa shape index (κ1) is 32.0. The van der Waals surface area contributed by atoms with Crippen LogP contribution in [-0.4, -0.2) is 25.5 Å². The van der Waals surface area contributed by atoms with Crippen molar-refractivity contribution in [3.63, 3.8) is 0 Å². The number of benzene rings is 2. The summed E-state index contributed by atoms with van der Waals surface area (Å²) < 4.78 is 7.49. The maximum absolute atomic E-state index is 10.6. The first-order valence-corrected chi connectivity index (χ1v) is 16.9. The Labute approximate surface area is 233 Å². The van der Waals surface area contributed by atoms with Gasteiger partial charge in [-0.05, 0) is 47.5 Å². The average molecular weight is 537 g/mol. The Balaban J connectivity index is 2.15. The van der Waals surface area contributed by atoms with Gasteiger partial charge in [-0.3, -0.25) is 4.79 Å². The topological polar surface area (TPSA) is 46.5 Å². The van der Waals surface area contributed by atoms with Gasteiger partial charge in [0.15, 0.2) is 0 Å². The lowest BCUT2D eigenvalue weighted by Gasteiger charge is -2.45. The summed E-state index contributed by atoms with van der Waals surface area (Å²) in [4.78, 5) is 10.6. The van der Waals surface area contributed by atoms with Crippen LogP contribution in [-0.2, 0) is 9.22 Å². The molecule has 0 aliphatic rings. The van der Waals surface area contributed by atoms with Crippen LogP contribution in [0, 0.1) is 0 Å². The SMILES string of the molecule is CCCCCCC(CC=CCCCCCCCC(=O)O)O[Si](c1ccccc1)(c1ccccc1)C(C)(C)C. The minimum Gasteiger partial charge on any atom is -0.481 e.